The Balaban J connectivity index is 1.61. The van der Waals surface area contributed by atoms with E-state index in [-0.39, 0.29) is 17.2 Å². The highest BCUT2D eigenvalue weighted by molar-refractivity contribution is 5.92. The van der Waals surface area contributed by atoms with Gasteiger partial charge >= 0.3 is 0 Å². The largest absolute Gasteiger partial charge is 0.489 e. The quantitative estimate of drug-likeness (QED) is 0.922. The third-order valence-electron chi connectivity index (χ3n) is 5.54. The van der Waals surface area contributed by atoms with Crippen molar-refractivity contribution < 1.29 is 9.53 Å². The number of carbonyl (C=O) groups is 1. The maximum atomic E-state index is 11.8. The summed E-state index contributed by atoms with van der Waals surface area (Å²) in [5, 5.41) is 3.57. The summed E-state index contributed by atoms with van der Waals surface area (Å²) in [4.78, 5) is 11.8. The van der Waals surface area contributed by atoms with Crippen molar-refractivity contribution in [1.29, 1.82) is 0 Å². The summed E-state index contributed by atoms with van der Waals surface area (Å²) in [6, 6.07) is 16.8. The minimum atomic E-state index is -0.0839. The van der Waals surface area contributed by atoms with Gasteiger partial charge in [0.05, 0.1) is 0 Å². The fourth-order valence-corrected chi connectivity index (χ4v) is 4.13. The van der Waals surface area contributed by atoms with Crippen LogP contribution in [0.2, 0.25) is 0 Å². The molecule has 2 aromatic carbocycles. The molecule has 128 valence electrons. The highest BCUT2D eigenvalue weighted by Crippen LogP contribution is 2.43. The Hall–Kier alpha value is -2.39. The lowest BCUT2D eigenvalue weighted by atomic mass is 9.65. The molecule has 3 nitrogen and oxygen atoms in total. The first-order valence-electron chi connectivity index (χ1n) is 8.97. The van der Waals surface area contributed by atoms with Gasteiger partial charge in [-0.05, 0) is 41.3 Å². The molecule has 0 saturated heterocycles. The zero-order valence-corrected chi connectivity index (χ0v) is 14.5. The van der Waals surface area contributed by atoms with E-state index in [0.717, 1.165) is 24.3 Å². The van der Waals surface area contributed by atoms with Crippen LogP contribution < -0.4 is 10.1 Å². The number of allylic oxidation sites excluding steroid dienone is 1. The Kier molecular flexibility index (Phi) is 4.18. The topological polar surface area (TPSA) is 38.3 Å². The van der Waals surface area contributed by atoms with Crippen molar-refractivity contribution in [1.82, 2.24) is 5.32 Å². The van der Waals surface area contributed by atoms with E-state index in [2.05, 4.69) is 48.6 Å². The van der Waals surface area contributed by atoms with Gasteiger partial charge in [-0.3, -0.25) is 4.79 Å². The Morgan fingerprint density at radius 2 is 2.04 bits per heavy atom. The third kappa shape index (κ3) is 2.89. The van der Waals surface area contributed by atoms with E-state index >= 15 is 0 Å². The zero-order valence-electron chi connectivity index (χ0n) is 14.5. The van der Waals surface area contributed by atoms with E-state index in [4.69, 9.17) is 4.74 Å². The molecule has 0 bridgehead atoms. The first kappa shape index (κ1) is 16.1. The Morgan fingerprint density at radius 1 is 1.20 bits per heavy atom. The normalized spacial score (nSPS) is 24.5. The van der Waals surface area contributed by atoms with Crippen LogP contribution in [0.25, 0.3) is 0 Å². The van der Waals surface area contributed by atoms with E-state index in [1.165, 1.54) is 11.1 Å². The van der Waals surface area contributed by atoms with Crippen LogP contribution in [0.1, 0.15) is 36.5 Å². The molecule has 25 heavy (non-hydrogen) atoms. The summed E-state index contributed by atoms with van der Waals surface area (Å²) >= 11 is 0. The number of benzene rings is 2. The summed E-state index contributed by atoms with van der Waals surface area (Å²) in [7, 11) is 0. The smallest absolute Gasteiger partial charge is 0.157 e. The summed E-state index contributed by atoms with van der Waals surface area (Å²) in [5.74, 6) is 1.11. The number of nitrogens with one attached hydrogen (secondary N) is 1. The number of ether oxygens (including phenoxy) is 1. The third-order valence-corrected chi connectivity index (χ3v) is 5.54. The van der Waals surface area contributed by atoms with Crippen molar-refractivity contribution in [3.63, 3.8) is 0 Å². The van der Waals surface area contributed by atoms with Crippen molar-refractivity contribution in [3.8, 4) is 5.75 Å². The minimum Gasteiger partial charge on any atom is -0.489 e. The molecule has 1 aliphatic carbocycles. The van der Waals surface area contributed by atoms with Crippen LogP contribution in [0.4, 0.5) is 0 Å². The molecule has 1 aliphatic heterocycles. The predicted octanol–water partition coefficient (Wildman–Crippen LogP) is 3.91. The monoisotopic (exact) mass is 333 g/mol. The minimum absolute atomic E-state index is 0.0839. The average molecular weight is 333 g/mol. The summed E-state index contributed by atoms with van der Waals surface area (Å²) in [6.45, 7) is 3.55. The first-order valence-corrected chi connectivity index (χ1v) is 8.97. The molecule has 0 fully saturated rings. The molecule has 4 rings (SSSR count). The number of fused-ring (bicyclic) bond motifs is 3. The summed E-state index contributed by atoms with van der Waals surface area (Å²) < 4.78 is 5.98. The van der Waals surface area contributed by atoms with E-state index in [9.17, 15) is 4.79 Å². The SMILES string of the molecule is CC[C@]12C=CC(=O)C[C@@H]1NCc1cc(OCc3ccccc3)ccc12. The maximum absolute atomic E-state index is 11.8. The van der Waals surface area contributed by atoms with Gasteiger partial charge in [0, 0.05) is 24.4 Å². The van der Waals surface area contributed by atoms with Gasteiger partial charge in [0.15, 0.2) is 5.78 Å². The lowest BCUT2D eigenvalue weighted by Gasteiger charge is -2.45. The molecule has 1 N–H and O–H groups in total. The number of rotatable bonds is 4. The molecule has 2 aromatic rings. The highest BCUT2D eigenvalue weighted by atomic mass is 16.5. The van der Waals surface area contributed by atoms with Crippen LogP contribution in [0.3, 0.4) is 0 Å². The lowest BCUT2D eigenvalue weighted by molar-refractivity contribution is -0.116. The summed E-state index contributed by atoms with van der Waals surface area (Å²) in [6.07, 6.45) is 5.43. The van der Waals surface area contributed by atoms with Gasteiger partial charge < -0.3 is 10.1 Å². The van der Waals surface area contributed by atoms with Crippen LogP contribution in [-0.4, -0.2) is 11.8 Å². The Morgan fingerprint density at radius 3 is 2.84 bits per heavy atom. The molecule has 0 aromatic heterocycles. The van der Waals surface area contributed by atoms with Crippen LogP contribution in [0.5, 0.6) is 5.75 Å². The average Bonchev–Trinajstić information content (AvgIpc) is 2.66. The molecule has 0 spiro atoms. The van der Waals surface area contributed by atoms with Crippen LogP contribution >= 0.6 is 0 Å². The van der Waals surface area contributed by atoms with Gasteiger partial charge in [-0.25, -0.2) is 0 Å². The molecule has 0 radical (unpaired) electrons. The fourth-order valence-electron chi connectivity index (χ4n) is 4.13. The number of hydrogen-bond acceptors (Lipinski definition) is 3. The van der Waals surface area contributed by atoms with Crippen molar-refractivity contribution in [2.75, 3.05) is 0 Å². The van der Waals surface area contributed by atoms with Gasteiger partial charge in [0.2, 0.25) is 0 Å². The van der Waals surface area contributed by atoms with Gasteiger partial charge in [-0.15, -0.1) is 0 Å². The molecule has 0 amide bonds. The predicted molar refractivity (Wildman–Crippen MR) is 98.6 cm³/mol. The van der Waals surface area contributed by atoms with Crippen LogP contribution in [0, 0.1) is 0 Å². The molecule has 0 unspecified atom stereocenters. The Bertz CT molecular complexity index is 812. The standard InChI is InChI=1S/C22H23NO2/c1-2-22-11-10-18(24)13-21(22)23-14-17-12-19(8-9-20(17)22)25-15-16-6-4-3-5-7-16/h3-12,21,23H,2,13-15H2,1H3/t21-,22+/m0/s1. The van der Waals surface area contributed by atoms with Crippen molar-refractivity contribution in [3.05, 3.63) is 77.4 Å². The first-order chi connectivity index (χ1) is 12.2. The second kappa shape index (κ2) is 6.49. The van der Waals surface area contributed by atoms with Crippen molar-refractivity contribution >= 4 is 5.78 Å². The van der Waals surface area contributed by atoms with Crippen LogP contribution in [-0.2, 0) is 23.4 Å². The maximum Gasteiger partial charge on any atom is 0.157 e. The fraction of sp³-hybridized carbons (Fsp3) is 0.318. The molecule has 1 heterocycles. The lowest BCUT2D eigenvalue weighted by Crippen LogP contribution is -2.53. The molecule has 2 aliphatic rings. The van der Waals surface area contributed by atoms with E-state index < -0.39 is 0 Å². The van der Waals surface area contributed by atoms with Gasteiger partial charge in [-0.2, -0.15) is 0 Å². The van der Waals surface area contributed by atoms with Crippen LogP contribution in [0.15, 0.2) is 60.7 Å². The van der Waals surface area contributed by atoms with Gasteiger partial charge in [0.25, 0.3) is 0 Å². The molecule has 2 atom stereocenters. The molecular weight excluding hydrogens is 310 g/mol. The van der Waals surface area contributed by atoms with Crippen molar-refractivity contribution in [2.45, 2.75) is 44.4 Å². The van der Waals surface area contributed by atoms with Gasteiger partial charge in [0.1, 0.15) is 12.4 Å². The number of hydrogen-bond donors (Lipinski definition) is 1. The van der Waals surface area contributed by atoms with E-state index in [0.29, 0.717) is 13.0 Å². The summed E-state index contributed by atoms with van der Waals surface area (Å²) in [5.41, 5.74) is 3.67. The zero-order chi connectivity index (χ0) is 17.3. The number of carbonyl (C=O) groups excluding carboxylic acids is 1. The number of ketones is 1. The van der Waals surface area contributed by atoms with Crippen molar-refractivity contribution in [2.24, 2.45) is 0 Å². The molecule has 3 heteroatoms. The Labute approximate surface area is 148 Å². The van der Waals surface area contributed by atoms with E-state index in [1.807, 2.05) is 18.2 Å². The van der Waals surface area contributed by atoms with E-state index in [1.54, 1.807) is 6.08 Å². The highest BCUT2D eigenvalue weighted by Gasteiger charge is 2.43. The molecule has 0 saturated carbocycles. The molecular formula is C22H23NO2. The second-order valence-corrected chi connectivity index (χ2v) is 6.92. The van der Waals surface area contributed by atoms with Gasteiger partial charge in [-0.1, -0.05) is 49.4 Å². The second-order valence-electron chi connectivity index (χ2n) is 6.92.